The molecule has 0 amide bonds. The average Bonchev–Trinajstić information content (AvgIpc) is 2.50. The monoisotopic (exact) mass is 260 g/mol. The SMILES string of the molecule is O=Cc1c2c(cc3ccccc13)Nc1ccccc1N2. The molecule has 0 saturated carbocycles. The molecule has 3 aromatic rings. The largest absolute Gasteiger partial charge is 0.352 e. The Morgan fingerprint density at radius 2 is 1.50 bits per heavy atom. The van der Waals surface area contributed by atoms with E-state index >= 15 is 0 Å². The number of benzene rings is 3. The molecule has 0 aliphatic carbocycles. The molecule has 0 fully saturated rings. The van der Waals surface area contributed by atoms with E-state index in [-0.39, 0.29) is 0 Å². The lowest BCUT2D eigenvalue weighted by Gasteiger charge is -2.25. The normalized spacial score (nSPS) is 12.0. The lowest BCUT2D eigenvalue weighted by Crippen LogP contribution is -2.08. The number of hydrogen-bond acceptors (Lipinski definition) is 3. The fraction of sp³-hybridized carbons (Fsp3) is 0. The molecule has 2 N–H and O–H groups in total. The minimum Gasteiger partial charge on any atom is -0.352 e. The molecule has 0 bridgehead atoms. The second-order valence-corrected chi connectivity index (χ2v) is 4.85. The molecule has 96 valence electrons. The van der Waals surface area contributed by atoms with Gasteiger partial charge in [-0.25, -0.2) is 0 Å². The van der Waals surface area contributed by atoms with Crippen molar-refractivity contribution in [2.24, 2.45) is 0 Å². The summed E-state index contributed by atoms with van der Waals surface area (Å²) in [5, 5.41) is 8.77. The minimum atomic E-state index is 0.695. The van der Waals surface area contributed by atoms with E-state index in [1.807, 2.05) is 48.5 Å². The van der Waals surface area contributed by atoms with Crippen molar-refractivity contribution < 1.29 is 4.79 Å². The lowest BCUT2D eigenvalue weighted by atomic mass is 10.00. The molecule has 0 radical (unpaired) electrons. The Hall–Kier alpha value is -2.81. The Bertz CT molecular complexity index is 840. The van der Waals surface area contributed by atoms with Gasteiger partial charge in [0.2, 0.25) is 0 Å². The highest BCUT2D eigenvalue weighted by Gasteiger charge is 2.18. The van der Waals surface area contributed by atoms with Gasteiger partial charge in [-0.3, -0.25) is 4.79 Å². The van der Waals surface area contributed by atoms with E-state index in [1.54, 1.807) is 0 Å². The Balaban J connectivity index is 2.02. The molecular formula is C17H12N2O. The van der Waals surface area contributed by atoms with Gasteiger partial charge >= 0.3 is 0 Å². The van der Waals surface area contributed by atoms with Gasteiger partial charge in [0.15, 0.2) is 6.29 Å². The summed E-state index contributed by atoms with van der Waals surface area (Å²) in [6, 6.07) is 18.0. The van der Waals surface area contributed by atoms with Crippen molar-refractivity contribution in [3.8, 4) is 0 Å². The molecule has 0 aromatic heterocycles. The first-order chi connectivity index (χ1) is 9.86. The van der Waals surface area contributed by atoms with Gasteiger partial charge in [0.1, 0.15) is 0 Å². The predicted molar refractivity (Wildman–Crippen MR) is 82.3 cm³/mol. The van der Waals surface area contributed by atoms with Gasteiger partial charge in [-0.15, -0.1) is 0 Å². The zero-order valence-corrected chi connectivity index (χ0v) is 10.7. The summed E-state index contributed by atoms with van der Waals surface area (Å²) in [4.78, 5) is 11.5. The van der Waals surface area contributed by atoms with Crippen LogP contribution < -0.4 is 10.6 Å². The highest BCUT2D eigenvalue weighted by Crippen LogP contribution is 2.42. The van der Waals surface area contributed by atoms with E-state index in [0.717, 1.165) is 39.8 Å². The fourth-order valence-electron chi connectivity index (χ4n) is 2.71. The molecule has 3 heteroatoms. The Morgan fingerprint density at radius 1 is 0.800 bits per heavy atom. The van der Waals surface area contributed by atoms with Crippen molar-refractivity contribution >= 4 is 39.8 Å². The van der Waals surface area contributed by atoms with Crippen LogP contribution in [0.3, 0.4) is 0 Å². The van der Waals surface area contributed by atoms with Crippen LogP contribution in [0.1, 0.15) is 10.4 Å². The molecule has 0 saturated heterocycles. The molecule has 0 unspecified atom stereocenters. The van der Waals surface area contributed by atoms with E-state index in [0.29, 0.717) is 5.56 Å². The number of carbonyl (C=O) groups excluding carboxylic acids is 1. The van der Waals surface area contributed by atoms with Crippen LogP contribution in [0.2, 0.25) is 0 Å². The molecule has 3 nitrogen and oxygen atoms in total. The van der Waals surface area contributed by atoms with Crippen molar-refractivity contribution in [3.05, 3.63) is 60.2 Å². The summed E-state index contributed by atoms with van der Waals surface area (Å²) in [6.07, 6.45) is 0.920. The van der Waals surface area contributed by atoms with Gasteiger partial charge in [0.05, 0.1) is 22.7 Å². The molecular weight excluding hydrogens is 248 g/mol. The van der Waals surface area contributed by atoms with Crippen LogP contribution in [-0.4, -0.2) is 6.29 Å². The second-order valence-electron chi connectivity index (χ2n) is 4.85. The van der Waals surface area contributed by atoms with E-state index in [2.05, 4.69) is 16.7 Å². The summed E-state index contributed by atoms with van der Waals surface area (Å²) in [5.41, 5.74) is 4.48. The maximum absolute atomic E-state index is 11.5. The first-order valence-electron chi connectivity index (χ1n) is 6.51. The predicted octanol–water partition coefficient (Wildman–Crippen LogP) is 4.45. The van der Waals surface area contributed by atoms with E-state index < -0.39 is 0 Å². The Labute approximate surface area is 116 Å². The number of anilines is 4. The molecule has 0 spiro atoms. The van der Waals surface area contributed by atoms with Gasteiger partial charge in [-0.2, -0.15) is 0 Å². The first-order valence-corrected chi connectivity index (χ1v) is 6.51. The molecule has 4 rings (SSSR count). The lowest BCUT2D eigenvalue weighted by molar-refractivity contribution is 0.112. The smallest absolute Gasteiger partial charge is 0.152 e. The van der Waals surface area contributed by atoms with Crippen LogP contribution in [0, 0.1) is 0 Å². The quantitative estimate of drug-likeness (QED) is 0.497. The summed E-state index contributed by atoms with van der Waals surface area (Å²) in [7, 11) is 0. The number of aldehydes is 1. The minimum absolute atomic E-state index is 0.695. The molecule has 20 heavy (non-hydrogen) atoms. The Morgan fingerprint density at radius 3 is 2.30 bits per heavy atom. The second kappa shape index (κ2) is 4.10. The third-order valence-corrected chi connectivity index (χ3v) is 3.66. The number of hydrogen-bond donors (Lipinski definition) is 2. The standard InChI is InChI=1S/C17H12N2O/c20-10-13-12-6-2-1-5-11(12)9-16-17(13)19-15-8-4-3-7-14(15)18-16/h1-10,18-19H. The van der Waals surface area contributed by atoms with E-state index in [4.69, 9.17) is 0 Å². The van der Waals surface area contributed by atoms with Crippen LogP contribution in [0.5, 0.6) is 0 Å². The number of carbonyl (C=O) groups is 1. The molecule has 1 heterocycles. The molecule has 1 aliphatic heterocycles. The summed E-state index contributed by atoms with van der Waals surface area (Å²) in [5.74, 6) is 0. The topological polar surface area (TPSA) is 41.1 Å². The molecule has 3 aromatic carbocycles. The highest BCUT2D eigenvalue weighted by molar-refractivity contribution is 6.10. The van der Waals surface area contributed by atoms with Crippen molar-refractivity contribution in [2.45, 2.75) is 0 Å². The van der Waals surface area contributed by atoms with Crippen LogP contribution in [0.25, 0.3) is 10.8 Å². The average molecular weight is 260 g/mol. The van der Waals surface area contributed by atoms with Crippen molar-refractivity contribution in [1.82, 2.24) is 0 Å². The van der Waals surface area contributed by atoms with Gasteiger partial charge < -0.3 is 10.6 Å². The number of fused-ring (bicyclic) bond motifs is 3. The van der Waals surface area contributed by atoms with E-state index in [1.165, 1.54) is 0 Å². The highest BCUT2D eigenvalue weighted by atomic mass is 16.1. The number of nitrogens with one attached hydrogen (secondary N) is 2. The fourth-order valence-corrected chi connectivity index (χ4v) is 2.71. The Kier molecular flexibility index (Phi) is 2.27. The zero-order valence-electron chi connectivity index (χ0n) is 10.7. The van der Waals surface area contributed by atoms with Crippen LogP contribution in [0.15, 0.2) is 54.6 Å². The summed E-state index contributed by atoms with van der Waals surface area (Å²) in [6.45, 7) is 0. The molecule has 0 atom stereocenters. The number of rotatable bonds is 1. The van der Waals surface area contributed by atoms with Gasteiger partial charge in [-0.1, -0.05) is 36.4 Å². The van der Waals surface area contributed by atoms with Crippen molar-refractivity contribution in [2.75, 3.05) is 10.6 Å². The molecule has 1 aliphatic rings. The van der Waals surface area contributed by atoms with Gasteiger partial charge in [-0.05, 0) is 29.0 Å². The third-order valence-electron chi connectivity index (χ3n) is 3.66. The maximum Gasteiger partial charge on any atom is 0.152 e. The van der Waals surface area contributed by atoms with Crippen LogP contribution in [0.4, 0.5) is 22.7 Å². The van der Waals surface area contributed by atoms with Crippen molar-refractivity contribution in [3.63, 3.8) is 0 Å². The van der Waals surface area contributed by atoms with E-state index in [9.17, 15) is 4.79 Å². The third kappa shape index (κ3) is 1.50. The van der Waals surface area contributed by atoms with Crippen molar-refractivity contribution in [1.29, 1.82) is 0 Å². The van der Waals surface area contributed by atoms with Gasteiger partial charge in [0.25, 0.3) is 0 Å². The first kappa shape index (κ1) is 11.1. The summed E-state index contributed by atoms with van der Waals surface area (Å²) < 4.78 is 0. The van der Waals surface area contributed by atoms with Crippen LogP contribution >= 0.6 is 0 Å². The summed E-state index contributed by atoms with van der Waals surface area (Å²) >= 11 is 0. The number of para-hydroxylation sites is 2. The van der Waals surface area contributed by atoms with Crippen LogP contribution in [-0.2, 0) is 0 Å². The maximum atomic E-state index is 11.5. The van der Waals surface area contributed by atoms with Gasteiger partial charge in [0, 0.05) is 5.56 Å². The zero-order chi connectivity index (χ0) is 13.5.